The minimum absolute atomic E-state index is 0.0489. The first-order valence-corrected chi connectivity index (χ1v) is 16.3. The number of esters is 1. The van der Waals surface area contributed by atoms with E-state index in [9.17, 15) is 19.5 Å². The zero-order valence-electron chi connectivity index (χ0n) is 25.8. The number of rotatable bonds is 25. The van der Waals surface area contributed by atoms with Gasteiger partial charge in [-0.3, -0.25) is 9.69 Å². The Labute approximate surface area is 247 Å². The molecule has 1 saturated heterocycles. The number of carbonyl (C=O) groups excluding carboxylic acids is 2. The molecule has 2 atom stereocenters. The average molecular weight is 581 g/mol. The standard InChI is InChI=1S/C31H56N4O6/c1-3-5-7-9-12-16-20-27(21-17-13-10-8-6-4-2)41-29(36)22-18-14-11-15-19-23-40-31(39)35-25-26(33-34-32)24-28(35)30(37)38/h26-28H,3-25H2,1-2H3,(H,37,38)/t26-,28-/m0/s1. The van der Waals surface area contributed by atoms with Crippen molar-refractivity contribution in [1.82, 2.24) is 4.90 Å². The van der Waals surface area contributed by atoms with E-state index in [-0.39, 0.29) is 31.6 Å². The van der Waals surface area contributed by atoms with Crippen molar-refractivity contribution in [2.75, 3.05) is 13.2 Å². The summed E-state index contributed by atoms with van der Waals surface area (Å²) in [5.41, 5.74) is 8.58. The Morgan fingerprint density at radius 2 is 1.39 bits per heavy atom. The first-order chi connectivity index (χ1) is 19.9. The number of unbranched alkanes of at least 4 members (excludes halogenated alkanes) is 14. The summed E-state index contributed by atoms with van der Waals surface area (Å²) in [6.07, 6.45) is 20.9. The van der Waals surface area contributed by atoms with Gasteiger partial charge in [-0.15, -0.1) is 0 Å². The fourth-order valence-electron chi connectivity index (χ4n) is 5.36. The highest BCUT2D eigenvalue weighted by Gasteiger charge is 2.40. The van der Waals surface area contributed by atoms with Crippen LogP contribution in [-0.2, 0) is 19.1 Å². The highest BCUT2D eigenvalue weighted by atomic mass is 16.6. The predicted molar refractivity (Wildman–Crippen MR) is 161 cm³/mol. The van der Waals surface area contributed by atoms with Crippen LogP contribution in [0.4, 0.5) is 4.79 Å². The molecule has 0 aromatic heterocycles. The Morgan fingerprint density at radius 1 is 0.854 bits per heavy atom. The molecule has 10 heteroatoms. The van der Waals surface area contributed by atoms with E-state index >= 15 is 0 Å². The van der Waals surface area contributed by atoms with Gasteiger partial charge in [0.1, 0.15) is 12.1 Å². The van der Waals surface area contributed by atoms with E-state index in [1.165, 1.54) is 64.2 Å². The van der Waals surface area contributed by atoms with Gasteiger partial charge in [0, 0.05) is 17.9 Å². The van der Waals surface area contributed by atoms with Crippen LogP contribution >= 0.6 is 0 Å². The van der Waals surface area contributed by atoms with Gasteiger partial charge in [0.25, 0.3) is 0 Å². The molecule has 0 spiro atoms. The van der Waals surface area contributed by atoms with Crippen molar-refractivity contribution in [2.45, 2.75) is 167 Å². The van der Waals surface area contributed by atoms with Crippen LogP contribution in [0.2, 0.25) is 0 Å². The maximum absolute atomic E-state index is 12.5. The molecule has 236 valence electrons. The number of aliphatic carboxylic acids is 1. The third-order valence-electron chi connectivity index (χ3n) is 7.82. The highest BCUT2D eigenvalue weighted by Crippen LogP contribution is 2.22. The number of carboxylic acid groups (broad SMARTS) is 1. The topological polar surface area (TPSA) is 142 Å². The minimum Gasteiger partial charge on any atom is -0.480 e. The van der Waals surface area contributed by atoms with E-state index in [0.717, 1.165) is 56.3 Å². The normalized spacial score (nSPS) is 16.5. The number of nitrogens with zero attached hydrogens (tertiary/aromatic N) is 4. The molecule has 1 fully saturated rings. The van der Waals surface area contributed by atoms with E-state index in [2.05, 4.69) is 23.9 Å². The van der Waals surface area contributed by atoms with Gasteiger partial charge in [-0.25, -0.2) is 9.59 Å². The largest absolute Gasteiger partial charge is 0.480 e. The molecule has 1 aliphatic heterocycles. The quantitative estimate of drug-likeness (QED) is 0.0376. The fourth-order valence-corrected chi connectivity index (χ4v) is 5.36. The van der Waals surface area contributed by atoms with Gasteiger partial charge < -0.3 is 14.6 Å². The molecular weight excluding hydrogens is 524 g/mol. The van der Waals surface area contributed by atoms with Crippen molar-refractivity contribution in [3.05, 3.63) is 10.4 Å². The van der Waals surface area contributed by atoms with Crippen molar-refractivity contribution in [2.24, 2.45) is 5.11 Å². The van der Waals surface area contributed by atoms with Crippen molar-refractivity contribution in [1.29, 1.82) is 0 Å². The van der Waals surface area contributed by atoms with Gasteiger partial charge in [-0.1, -0.05) is 102 Å². The number of carbonyl (C=O) groups is 3. The zero-order chi connectivity index (χ0) is 30.1. The predicted octanol–water partition coefficient (Wildman–Crippen LogP) is 8.71. The van der Waals surface area contributed by atoms with Gasteiger partial charge in [0.05, 0.1) is 12.6 Å². The summed E-state index contributed by atoms with van der Waals surface area (Å²) in [5, 5.41) is 12.9. The van der Waals surface area contributed by atoms with Gasteiger partial charge >= 0.3 is 18.0 Å². The van der Waals surface area contributed by atoms with E-state index in [1.54, 1.807) is 0 Å². The first-order valence-electron chi connectivity index (χ1n) is 16.3. The van der Waals surface area contributed by atoms with Gasteiger partial charge in [0.2, 0.25) is 0 Å². The Bertz CT molecular complexity index is 758. The third-order valence-corrected chi connectivity index (χ3v) is 7.82. The van der Waals surface area contributed by atoms with E-state index in [4.69, 9.17) is 15.0 Å². The molecule has 1 aliphatic rings. The summed E-state index contributed by atoms with van der Waals surface area (Å²) in [6, 6.07) is -1.59. The summed E-state index contributed by atoms with van der Waals surface area (Å²) in [5.74, 6) is -1.22. The number of hydrogen-bond donors (Lipinski definition) is 1. The Kier molecular flexibility index (Phi) is 21.5. The lowest BCUT2D eigenvalue weighted by Crippen LogP contribution is -2.41. The van der Waals surface area contributed by atoms with Crippen molar-refractivity contribution in [3.63, 3.8) is 0 Å². The summed E-state index contributed by atoms with van der Waals surface area (Å²) in [6.45, 7) is 4.71. The van der Waals surface area contributed by atoms with Crippen molar-refractivity contribution >= 4 is 18.0 Å². The second-order valence-electron chi connectivity index (χ2n) is 11.5. The van der Waals surface area contributed by atoms with Crippen molar-refractivity contribution < 1.29 is 29.0 Å². The number of likely N-dealkylation sites (tertiary alicyclic amines) is 1. The van der Waals surface area contributed by atoms with Crippen LogP contribution < -0.4 is 0 Å². The van der Waals surface area contributed by atoms with Crippen LogP contribution in [0.15, 0.2) is 5.11 Å². The lowest BCUT2D eigenvalue weighted by molar-refractivity contribution is -0.150. The fraction of sp³-hybridized carbons (Fsp3) is 0.903. The molecular formula is C31H56N4O6. The molecule has 0 radical (unpaired) electrons. The molecule has 1 amide bonds. The molecule has 1 rings (SSSR count). The van der Waals surface area contributed by atoms with Crippen LogP contribution in [0.1, 0.15) is 149 Å². The summed E-state index contributed by atoms with van der Waals surface area (Å²) in [7, 11) is 0. The molecule has 0 saturated carbocycles. The summed E-state index contributed by atoms with van der Waals surface area (Å²) in [4.78, 5) is 40.1. The van der Waals surface area contributed by atoms with Gasteiger partial charge in [-0.2, -0.15) is 0 Å². The third kappa shape index (κ3) is 17.8. The number of carboxylic acids is 1. The molecule has 0 bridgehead atoms. The number of hydrogen-bond acceptors (Lipinski definition) is 6. The minimum atomic E-state index is -1.13. The van der Waals surface area contributed by atoms with E-state index in [1.807, 2.05) is 0 Å². The molecule has 1 N–H and O–H groups in total. The smallest absolute Gasteiger partial charge is 0.410 e. The van der Waals surface area contributed by atoms with Crippen LogP contribution in [0.3, 0.4) is 0 Å². The molecule has 0 unspecified atom stereocenters. The first kappa shape index (κ1) is 36.5. The Balaban J connectivity index is 2.22. The molecule has 41 heavy (non-hydrogen) atoms. The maximum Gasteiger partial charge on any atom is 0.410 e. The van der Waals surface area contributed by atoms with E-state index in [0.29, 0.717) is 12.8 Å². The van der Waals surface area contributed by atoms with Gasteiger partial charge in [0.15, 0.2) is 0 Å². The molecule has 1 heterocycles. The molecule has 0 aromatic rings. The lowest BCUT2D eigenvalue weighted by atomic mass is 10.0. The average Bonchev–Trinajstić information content (AvgIpc) is 3.38. The Morgan fingerprint density at radius 3 is 1.95 bits per heavy atom. The van der Waals surface area contributed by atoms with Crippen LogP contribution in [0.5, 0.6) is 0 Å². The number of azide groups is 1. The SMILES string of the molecule is CCCCCCCCC(CCCCCCCC)OC(=O)CCCCCCCOC(=O)N1C[C@@H](N=[N+]=[N-])C[C@H]1C(=O)O. The highest BCUT2D eigenvalue weighted by molar-refractivity contribution is 5.81. The molecule has 0 aliphatic carbocycles. The van der Waals surface area contributed by atoms with Crippen LogP contribution in [0, 0.1) is 0 Å². The van der Waals surface area contributed by atoms with Crippen molar-refractivity contribution in [3.8, 4) is 0 Å². The van der Waals surface area contributed by atoms with E-state index < -0.39 is 24.1 Å². The van der Waals surface area contributed by atoms with Crippen LogP contribution in [-0.4, -0.2) is 59.4 Å². The molecule has 0 aromatic carbocycles. The number of amides is 1. The lowest BCUT2D eigenvalue weighted by Gasteiger charge is -2.20. The summed E-state index contributed by atoms with van der Waals surface area (Å²) >= 11 is 0. The maximum atomic E-state index is 12.5. The molecule has 10 nitrogen and oxygen atoms in total. The van der Waals surface area contributed by atoms with Gasteiger partial charge in [-0.05, 0) is 50.5 Å². The summed E-state index contributed by atoms with van der Waals surface area (Å²) < 4.78 is 11.2. The van der Waals surface area contributed by atoms with Crippen LogP contribution in [0.25, 0.3) is 10.4 Å². The Hall–Kier alpha value is -2.48. The second-order valence-corrected chi connectivity index (χ2v) is 11.5. The second kappa shape index (κ2) is 24.2. The monoisotopic (exact) mass is 580 g/mol. The number of ether oxygens (including phenoxy) is 2. The zero-order valence-corrected chi connectivity index (χ0v) is 25.8.